The fraction of sp³-hybridized carbons (Fsp3) is 0.476. The van der Waals surface area contributed by atoms with Crippen molar-refractivity contribution in [3.8, 4) is 0 Å². The minimum atomic E-state index is -1.22. The number of carboxylic acid groups (broad SMARTS) is 1. The first-order chi connectivity index (χ1) is 14.7. The number of carbonyl (C=O) groups excluding carboxylic acids is 2. The van der Waals surface area contributed by atoms with Gasteiger partial charge in [-0.3, -0.25) is 9.59 Å². The van der Waals surface area contributed by atoms with Crippen molar-refractivity contribution in [3.05, 3.63) is 36.0 Å². The number of carboxylic acids is 1. The molecule has 1 heterocycles. The first kappa shape index (κ1) is 24.3. The summed E-state index contributed by atoms with van der Waals surface area (Å²) in [6.45, 7) is 1.80. The van der Waals surface area contributed by atoms with Crippen molar-refractivity contribution in [1.82, 2.24) is 15.6 Å². The maximum Gasteiger partial charge on any atom is 0.326 e. The zero-order valence-electron chi connectivity index (χ0n) is 17.5. The molecular formula is C21H31N5O5. The number of aliphatic hydroxyl groups excluding tert-OH is 1. The molecule has 2 rings (SSSR count). The van der Waals surface area contributed by atoms with Crippen LogP contribution in [0.15, 0.2) is 30.5 Å². The Balaban J connectivity index is 2.22. The lowest BCUT2D eigenvalue weighted by molar-refractivity contribution is -0.142. The van der Waals surface area contributed by atoms with Crippen molar-refractivity contribution in [2.75, 3.05) is 6.54 Å². The van der Waals surface area contributed by atoms with Gasteiger partial charge in [-0.2, -0.15) is 0 Å². The highest BCUT2D eigenvalue weighted by Gasteiger charge is 2.29. The van der Waals surface area contributed by atoms with Crippen LogP contribution in [0.5, 0.6) is 0 Å². The molecule has 0 saturated carbocycles. The molecule has 2 amide bonds. The molecule has 2 aromatic rings. The smallest absolute Gasteiger partial charge is 0.326 e. The SMILES string of the molecule is CC(O)C(N)C(=O)NC(Cc1c[nH]c2ccccc12)C(=O)NC(CCCCN)C(=O)O. The van der Waals surface area contributed by atoms with Crippen LogP contribution in [0.4, 0.5) is 0 Å². The quantitative estimate of drug-likeness (QED) is 0.222. The van der Waals surface area contributed by atoms with Gasteiger partial charge in [0.15, 0.2) is 0 Å². The molecule has 0 spiro atoms. The molecule has 4 atom stereocenters. The Kier molecular flexibility index (Phi) is 8.98. The number of amides is 2. The van der Waals surface area contributed by atoms with E-state index >= 15 is 0 Å². The van der Waals surface area contributed by atoms with Crippen molar-refractivity contribution in [2.45, 2.75) is 56.8 Å². The van der Waals surface area contributed by atoms with E-state index in [1.807, 2.05) is 24.3 Å². The molecule has 4 unspecified atom stereocenters. The summed E-state index contributed by atoms with van der Waals surface area (Å²) in [6.07, 6.45) is 2.14. The molecule has 31 heavy (non-hydrogen) atoms. The van der Waals surface area contributed by atoms with Gasteiger partial charge in [0.05, 0.1) is 6.10 Å². The predicted molar refractivity (Wildman–Crippen MR) is 116 cm³/mol. The second-order valence-electron chi connectivity index (χ2n) is 7.58. The van der Waals surface area contributed by atoms with Gasteiger partial charge in [0, 0.05) is 23.5 Å². The minimum Gasteiger partial charge on any atom is -0.480 e. The number of hydrogen-bond acceptors (Lipinski definition) is 6. The summed E-state index contributed by atoms with van der Waals surface area (Å²) in [7, 11) is 0. The van der Waals surface area contributed by atoms with Gasteiger partial charge < -0.3 is 37.3 Å². The highest BCUT2D eigenvalue weighted by molar-refractivity contribution is 5.93. The highest BCUT2D eigenvalue weighted by Crippen LogP contribution is 2.19. The van der Waals surface area contributed by atoms with Crippen molar-refractivity contribution in [2.24, 2.45) is 11.5 Å². The van der Waals surface area contributed by atoms with Crippen molar-refractivity contribution >= 4 is 28.7 Å². The van der Waals surface area contributed by atoms with Gasteiger partial charge >= 0.3 is 5.97 Å². The zero-order chi connectivity index (χ0) is 23.0. The van der Waals surface area contributed by atoms with Crippen LogP contribution in [0, 0.1) is 0 Å². The van der Waals surface area contributed by atoms with Gasteiger partial charge in [-0.1, -0.05) is 18.2 Å². The maximum absolute atomic E-state index is 13.0. The Morgan fingerprint density at radius 3 is 2.42 bits per heavy atom. The fourth-order valence-electron chi connectivity index (χ4n) is 3.24. The number of aliphatic hydroxyl groups is 1. The Morgan fingerprint density at radius 2 is 1.77 bits per heavy atom. The monoisotopic (exact) mass is 433 g/mol. The largest absolute Gasteiger partial charge is 0.480 e. The number of hydrogen-bond donors (Lipinski definition) is 7. The molecule has 10 heteroatoms. The number of benzene rings is 1. The van der Waals surface area contributed by atoms with Crippen LogP contribution >= 0.6 is 0 Å². The van der Waals surface area contributed by atoms with Crippen molar-refractivity contribution < 1.29 is 24.6 Å². The highest BCUT2D eigenvalue weighted by atomic mass is 16.4. The number of nitrogens with two attached hydrogens (primary N) is 2. The Hall–Kier alpha value is -2.95. The fourth-order valence-corrected chi connectivity index (χ4v) is 3.24. The van der Waals surface area contributed by atoms with E-state index in [4.69, 9.17) is 11.5 Å². The van der Waals surface area contributed by atoms with E-state index in [0.29, 0.717) is 19.4 Å². The second kappa shape index (κ2) is 11.4. The molecule has 0 saturated heterocycles. The van der Waals surface area contributed by atoms with Crippen LogP contribution in [-0.4, -0.2) is 63.8 Å². The van der Waals surface area contributed by atoms with Gasteiger partial charge in [-0.25, -0.2) is 4.79 Å². The van der Waals surface area contributed by atoms with Crippen molar-refractivity contribution in [3.63, 3.8) is 0 Å². The normalized spacial score (nSPS) is 15.1. The molecule has 0 radical (unpaired) electrons. The molecule has 10 nitrogen and oxygen atoms in total. The van der Waals surface area contributed by atoms with Crippen LogP contribution < -0.4 is 22.1 Å². The number of nitrogens with one attached hydrogen (secondary N) is 3. The van der Waals surface area contributed by atoms with E-state index in [2.05, 4.69) is 15.6 Å². The lowest BCUT2D eigenvalue weighted by atomic mass is 10.0. The lowest BCUT2D eigenvalue weighted by Crippen LogP contribution is -2.56. The first-order valence-corrected chi connectivity index (χ1v) is 10.3. The van der Waals surface area contributed by atoms with E-state index in [1.165, 1.54) is 6.92 Å². The van der Waals surface area contributed by atoms with E-state index in [-0.39, 0.29) is 12.8 Å². The number of aromatic nitrogens is 1. The maximum atomic E-state index is 13.0. The van der Waals surface area contributed by atoms with E-state index in [1.54, 1.807) is 6.20 Å². The molecule has 0 fully saturated rings. The molecule has 0 aliphatic rings. The van der Waals surface area contributed by atoms with Gasteiger partial charge in [0.1, 0.15) is 18.1 Å². The molecule has 0 aliphatic carbocycles. The number of unbranched alkanes of at least 4 members (excludes halogenated alkanes) is 1. The van der Waals surface area contributed by atoms with Crippen LogP contribution in [-0.2, 0) is 20.8 Å². The molecule has 0 bridgehead atoms. The van der Waals surface area contributed by atoms with Gasteiger partial charge in [-0.05, 0) is 44.4 Å². The number of aromatic amines is 1. The number of fused-ring (bicyclic) bond motifs is 1. The molecule has 1 aromatic carbocycles. The molecule has 170 valence electrons. The summed E-state index contributed by atoms with van der Waals surface area (Å²) in [5.41, 5.74) is 12.8. The number of aliphatic carboxylic acids is 1. The van der Waals surface area contributed by atoms with Crippen LogP contribution in [0.2, 0.25) is 0 Å². The van der Waals surface area contributed by atoms with Gasteiger partial charge in [0.2, 0.25) is 11.8 Å². The first-order valence-electron chi connectivity index (χ1n) is 10.3. The average Bonchev–Trinajstić information content (AvgIpc) is 3.14. The summed E-state index contributed by atoms with van der Waals surface area (Å²) in [6, 6.07) is 4.09. The van der Waals surface area contributed by atoms with Gasteiger partial charge in [-0.15, -0.1) is 0 Å². The Labute approximate surface area is 180 Å². The average molecular weight is 434 g/mol. The lowest BCUT2D eigenvalue weighted by Gasteiger charge is -2.23. The second-order valence-corrected chi connectivity index (χ2v) is 7.58. The number of rotatable bonds is 12. The molecule has 0 aliphatic heterocycles. The van der Waals surface area contributed by atoms with Crippen LogP contribution in [0.25, 0.3) is 10.9 Å². The van der Waals surface area contributed by atoms with Crippen molar-refractivity contribution in [1.29, 1.82) is 0 Å². The molecular weight excluding hydrogens is 402 g/mol. The van der Waals surface area contributed by atoms with Crippen LogP contribution in [0.3, 0.4) is 0 Å². The van der Waals surface area contributed by atoms with E-state index < -0.39 is 42.0 Å². The van der Waals surface area contributed by atoms with Gasteiger partial charge in [0.25, 0.3) is 0 Å². The third-order valence-electron chi connectivity index (χ3n) is 5.12. The Bertz CT molecular complexity index is 897. The van der Waals surface area contributed by atoms with E-state index in [0.717, 1.165) is 16.5 Å². The number of para-hydroxylation sites is 1. The zero-order valence-corrected chi connectivity index (χ0v) is 17.5. The third-order valence-corrected chi connectivity index (χ3v) is 5.12. The summed E-state index contributed by atoms with van der Waals surface area (Å²) < 4.78 is 0. The summed E-state index contributed by atoms with van der Waals surface area (Å²) in [4.78, 5) is 40.0. The predicted octanol–water partition coefficient (Wildman–Crippen LogP) is -0.398. The standard InChI is InChI=1S/C21H31N5O5/c1-12(27)18(23)20(29)26-17(10-13-11-24-15-7-3-2-6-14(13)15)19(28)25-16(21(30)31)8-4-5-9-22/h2-3,6-7,11-12,16-18,24,27H,4-5,8-10,22-23H2,1H3,(H,25,28)(H,26,29)(H,30,31). The molecule has 1 aromatic heterocycles. The minimum absolute atomic E-state index is 0.114. The van der Waals surface area contributed by atoms with Crippen LogP contribution in [0.1, 0.15) is 31.7 Å². The van der Waals surface area contributed by atoms with E-state index in [9.17, 15) is 24.6 Å². The summed E-state index contributed by atoms with van der Waals surface area (Å²) >= 11 is 0. The number of carbonyl (C=O) groups is 3. The summed E-state index contributed by atoms with van der Waals surface area (Å²) in [5.74, 6) is -2.51. The Morgan fingerprint density at radius 1 is 1.10 bits per heavy atom. The summed E-state index contributed by atoms with van der Waals surface area (Å²) in [5, 5.41) is 25.0. The topological polar surface area (TPSA) is 184 Å². The molecule has 9 N–H and O–H groups in total. The number of H-pyrrole nitrogens is 1. The third kappa shape index (κ3) is 6.78.